The number of carbonyl (C=O) groups is 2. The highest BCUT2D eigenvalue weighted by Gasteiger charge is 2.47. The highest BCUT2D eigenvalue weighted by atomic mass is 35.5. The van der Waals surface area contributed by atoms with Crippen molar-refractivity contribution in [3.8, 4) is 17.1 Å². The number of hydrogen-bond acceptors (Lipinski definition) is 8. The number of aromatic amines is 1. The van der Waals surface area contributed by atoms with Gasteiger partial charge in [0.15, 0.2) is 5.65 Å². The first-order valence-electron chi connectivity index (χ1n) is 12.4. The molecular weight excluding hydrogens is 512 g/mol. The van der Waals surface area contributed by atoms with E-state index in [0.717, 1.165) is 6.42 Å². The fraction of sp³-hybridized carbons (Fsp3) is 0.385. The van der Waals surface area contributed by atoms with Crippen LogP contribution in [0.15, 0.2) is 36.5 Å². The molecule has 0 radical (unpaired) electrons. The van der Waals surface area contributed by atoms with Crippen molar-refractivity contribution in [1.82, 2.24) is 19.9 Å². The SMILES string of the molecule is COc1cc(C(=O)N2CCOCC2)ccc1-c1nc2ncc(Cl)c(N[C@H]3[C@@H](OC(N)=O)[C@@H]4C=C[C@H]3C4)c2[nH]1. The zero-order valence-corrected chi connectivity index (χ0v) is 21.4. The number of fused-ring (bicyclic) bond motifs is 3. The molecule has 4 N–H and O–H groups in total. The van der Waals surface area contributed by atoms with Crippen LogP contribution in [0.5, 0.6) is 5.75 Å². The van der Waals surface area contributed by atoms with E-state index in [1.165, 1.54) is 6.20 Å². The largest absolute Gasteiger partial charge is 0.496 e. The van der Waals surface area contributed by atoms with E-state index in [4.69, 9.17) is 31.5 Å². The van der Waals surface area contributed by atoms with Crippen molar-refractivity contribution in [3.05, 3.63) is 47.1 Å². The van der Waals surface area contributed by atoms with Crippen molar-refractivity contribution in [2.45, 2.75) is 18.6 Å². The van der Waals surface area contributed by atoms with Gasteiger partial charge < -0.3 is 35.1 Å². The van der Waals surface area contributed by atoms with Crippen LogP contribution >= 0.6 is 11.6 Å². The number of halogens is 1. The second-order valence-electron chi connectivity index (χ2n) is 9.60. The van der Waals surface area contributed by atoms with Crippen molar-refractivity contribution < 1.29 is 23.8 Å². The molecule has 2 bridgehead atoms. The first-order valence-corrected chi connectivity index (χ1v) is 12.8. The van der Waals surface area contributed by atoms with E-state index in [0.29, 0.717) is 70.9 Å². The van der Waals surface area contributed by atoms with E-state index in [1.54, 1.807) is 30.2 Å². The molecule has 1 saturated carbocycles. The summed E-state index contributed by atoms with van der Waals surface area (Å²) in [5.74, 6) is 1.20. The first kappa shape index (κ1) is 24.5. The lowest BCUT2D eigenvalue weighted by molar-refractivity contribution is 0.0302. The van der Waals surface area contributed by atoms with Gasteiger partial charge in [-0.3, -0.25) is 4.79 Å². The molecule has 12 heteroatoms. The fourth-order valence-corrected chi connectivity index (χ4v) is 5.80. The molecule has 3 heterocycles. The van der Waals surface area contributed by atoms with Crippen molar-refractivity contribution in [1.29, 1.82) is 0 Å². The molecule has 4 atom stereocenters. The van der Waals surface area contributed by atoms with Crippen LogP contribution in [-0.2, 0) is 9.47 Å². The molecule has 198 valence electrons. The number of anilines is 1. The number of carbonyl (C=O) groups excluding carboxylic acids is 2. The van der Waals surface area contributed by atoms with E-state index in [9.17, 15) is 9.59 Å². The van der Waals surface area contributed by atoms with E-state index >= 15 is 0 Å². The molecule has 1 aliphatic heterocycles. The van der Waals surface area contributed by atoms with Gasteiger partial charge in [-0.15, -0.1) is 0 Å². The van der Waals surface area contributed by atoms with Crippen molar-refractivity contribution in [2.75, 3.05) is 38.7 Å². The third-order valence-electron chi connectivity index (χ3n) is 7.43. The fourth-order valence-electron chi connectivity index (χ4n) is 5.60. The van der Waals surface area contributed by atoms with Gasteiger partial charge in [-0.05, 0) is 24.6 Å². The number of imidazole rings is 1. The molecule has 3 aliphatic rings. The number of ether oxygens (including phenoxy) is 3. The standard InChI is InChI=1S/C26H27ClN6O5/c1-36-18-11-15(25(34)33-6-8-37-9-7-33)4-5-16(18)23-31-21-20(17(27)12-29-24(21)32-23)30-19-13-2-3-14(10-13)22(19)38-26(28)35/h2-5,11-14,19,22H,6-10H2,1H3,(H2,28,35)(H2,29,30,31,32)/t13-,14+,19+,22-/m0/s1. The van der Waals surface area contributed by atoms with Gasteiger partial charge in [0.25, 0.3) is 5.91 Å². The average Bonchev–Trinajstić information content (AvgIpc) is 3.65. The number of primary amides is 1. The summed E-state index contributed by atoms with van der Waals surface area (Å²) in [6, 6.07) is 5.08. The summed E-state index contributed by atoms with van der Waals surface area (Å²) in [7, 11) is 1.55. The van der Waals surface area contributed by atoms with Crippen LogP contribution in [0.25, 0.3) is 22.6 Å². The van der Waals surface area contributed by atoms with Crippen molar-refractivity contribution in [2.24, 2.45) is 17.6 Å². The van der Waals surface area contributed by atoms with Gasteiger partial charge in [-0.25, -0.2) is 14.8 Å². The molecule has 0 unspecified atom stereocenters. The lowest BCUT2D eigenvalue weighted by atomic mass is 9.98. The number of methoxy groups -OCH3 is 1. The third-order valence-corrected chi connectivity index (χ3v) is 7.71. The molecule has 1 saturated heterocycles. The minimum Gasteiger partial charge on any atom is -0.496 e. The van der Waals surface area contributed by atoms with Gasteiger partial charge in [-0.2, -0.15) is 0 Å². The number of amides is 2. The zero-order valence-electron chi connectivity index (χ0n) is 20.6. The molecule has 2 aliphatic carbocycles. The van der Waals surface area contributed by atoms with Crippen LogP contribution in [0.3, 0.4) is 0 Å². The molecule has 2 fully saturated rings. The van der Waals surface area contributed by atoms with Gasteiger partial charge >= 0.3 is 6.09 Å². The van der Waals surface area contributed by atoms with Crippen molar-refractivity contribution in [3.63, 3.8) is 0 Å². The smallest absolute Gasteiger partial charge is 0.404 e. The lowest BCUT2D eigenvalue weighted by Crippen LogP contribution is -2.41. The van der Waals surface area contributed by atoms with Gasteiger partial charge in [-0.1, -0.05) is 23.8 Å². The Labute approximate surface area is 223 Å². The normalized spacial score (nSPS) is 24.1. The van der Waals surface area contributed by atoms with Crippen LogP contribution in [0, 0.1) is 11.8 Å². The number of nitrogens with one attached hydrogen (secondary N) is 2. The highest BCUT2D eigenvalue weighted by Crippen LogP contribution is 2.44. The Morgan fingerprint density at radius 2 is 2.03 bits per heavy atom. The molecule has 2 aromatic heterocycles. The Morgan fingerprint density at radius 1 is 1.24 bits per heavy atom. The topological polar surface area (TPSA) is 145 Å². The van der Waals surface area contributed by atoms with E-state index in [2.05, 4.69) is 32.4 Å². The molecule has 6 rings (SSSR count). The predicted octanol–water partition coefficient (Wildman–Crippen LogP) is 3.21. The Kier molecular flexibility index (Phi) is 6.32. The van der Waals surface area contributed by atoms with Crippen LogP contribution < -0.4 is 15.8 Å². The lowest BCUT2D eigenvalue weighted by Gasteiger charge is -2.29. The Hall–Kier alpha value is -3.83. The quantitative estimate of drug-likeness (QED) is 0.406. The summed E-state index contributed by atoms with van der Waals surface area (Å²) < 4.78 is 16.4. The maximum Gasteiger partial charge on any atom is 0.404 e. The van der Waals surface area contributed by atoms with E-state index in [-0.39, 0.29) is 23.8 Å². The summed E-state index contributed by atoms with van der Waals surface area (Å²) in [5.41, 5.74) is 8.20. The third kappa shape index (κ3) is 4.31. The van der Waals surface area contributed by atoms with Crippen LogP contribution in [0.4, 0.5) is 10.5 Å². The van der Waals surface area contributed by atoms with E-state index in [1.807, 2.05) is 0 Å². The second-order valence-corrected chi connectivity index (χ2v) is 10.0. The number of hydrogen-bond donors (Lipinski definition) is 3. The van der Waals surface area contributed by atoms with Gasteiger partial charge in [0.05, 0.1) is 48.8 Å². The van der Waals surface area contributed by atoms with Crippen molar-refractivity contribution >= 4 is 40.5 Å². The molecule has 1 aromatic carbocycles. The molecule has 3 aromatic rings. The summed E-state index contributed by atoms with van der Waals surface area (Å²) in [6.07, 6.45) is 5.38. The molecule has 38 heavy (non-hydrogen) atoms. The Bertz CT molecular complexity index is 1430. The minimum absolute atomic E-state index is 0.0738. The average molecular weight is 539 g/mol. The summed E-state index contributed by atoms with van der Waals surface area (Å²) in [5, 5.41) is 3.87. The zero-order chi connectivity index (χ0) is 26.4. The maximum absolute atomic E-state index is 13.0. The Morgan fingerprint density at radius 3 is 2.79 bits per heavy atom. The first-order chi connectivity index (χ1) is 18.4. The summed E-state index contributed by atoms with van der Waals surface area (Å²) >= 11 is 6.58. The second kappa shape index (κ2) is 9.80. The van der Waals surface area contributed by atoms with E-state index < -0.39 is 12.2 Å². The molecule has 2 amide bonds. The van der Waals surface area contributed by atoms with Gasteiger partial charge in [0.2, 0.25) is 0 Å². The number of morpholine rings is 1. The minimum atomic E-state index is -0.805. The van der Waals surface area contributed by atoms with Crippen LogP contribution in [-0.4, -0.2) is 77.4 Å². The monoisotopic (exact) mass is 538 g/mol. The molecule has 11 nitrogen and oxygen atoms in total. The number of rotatable bonds is 6. The summed E-state index contributed by atoms with van der Waals surface area (Å²) in [4.78, 5) is 38.7. The van der Waals surface area contributed by atoms with Gasteiger partial charge in [0.1, 0.15) is 23.2 Å². The Balaban J connectivity index is 1.32. The predicted molar refractivity (Wildman–Crippen MR) is 140 cm³/mol. The number of H-pyrrole nitrogens is 1. The van der Waals surface area contributed by atoms with Gasteiger partial charge in [0, 0.05) is 30.5 Å². The number of nitrogens with two attached hydrogens (primary N) is 1. The highest BCUT2D eigenvalue weighted by molar-refractivity contribution is 6.34. The van der Waals surface area contributed by atoms with Crippen LogP contribution in [0.2, 0.25) is 5.02 Å². The number of benzene rings is 1. The number of nitrogens with zero attached hydrogens (tertiary/aromatic N) is 3. The number of aromatic nitrogens is 3. The summed E-state index contributed by atoms with van der Waals surface area (Å²) in [6.45, 7) is 2.16. The molecule has 0 spiro atoms. The maximum atomic E-state index is 13.0. The number of pyridine rings is 1. The molecular formula is C26H27ClN6O5. The van der Waals surface area contributed by atoms with Crippen LogP contribution in [0.1, 0.15) is 16.8 Å².